The van der Waals surface area contributed by atoms with E-state index >= 15 is 0 Å². The normalized spacial score (nSPS) is 18.5. The standard InChI is InChI=1S/C12H22N4S/c1-12(2,3)10-13-11(17)16(14-10)9-15-7-5-4-6-8-15/h4-9H2,1-3H3,(H,13,14,17). The van der Waals surface area contributed by atoms with E-state index in [0.717, 1.165) is 12.5 Å². The zero-order valence-electron chi connectivity index (χ0n) is 11.0. The van der Waals surface area contributed by atoms with Crippen LogP contribution in [0.2, 0.25) is 0 Å². The highest BCUT2D eigenvalue weighted by molar-refractivity contribution is 7.71. The summed E-state index contributed by atoms with van der Waals surface area (Å²) in [5, 5.41) is 3.33. The summed E-state index contributed by atoms with van der Waals surface area (Å²) in [4.78, 5) is 6.88. The van der Waals surface area contributed by atoms with Crippen molar-refractivity contribution in [1.29, 1.82) is 0 Å². The summed E-state index contributed by atoms with van der Waals surface area (Å²) in [5.41, 5.74) is 0.0285. The number of hydrogen-bond donors (Lipinski definition) is 1. The van der Waals surface area contributed by atoms with Crippen molar-refractivity contribution in [3.63, 3.8) is 0 Å². The Balaban J connectivity index is 2.10. The van der Waals surface area contributed by atoms with Crippen LogP contribution in [0.5, 0.6) is 0 Å². The second-order valence-electron chi connectivity index (χ2n) is 5.85. The molecule has 1 aromatic rings. The minimum absolute atomic E-state index is 0.0285. The average Bonchev–Trinajstić information content (AvgIpc) is 2.62. The van der Waals surface area contributed by atoms with Gasteiger partial charge in [0, 0.05) is 5.41 Å². The Bertz CT molecular complexity index is 420. The van der Waals surface area contributed by atoms with Gasteiger partial charge in [-0.2, -0.15) is 0 Å². The van der Waals surface area contributed by atoms with Gasteiger partial charge >= 0.3 is 0 Å². The van der Waals surface area contributed by atoms with Gasteiger partial charge in [0.2, 0.25) is 4.77 Å². The molecule has 17 heavy (non-hydrogen) atoms. The fourth-order valence-corrected chi connectivity index (χ4v) is 2.28. The van der Waals surface area contributed by atoms with Gasteiger partial charge in [-0.3, -0.25) is 10.00 Å². The predicted octanol–water partition coefficient (Wildman–Crippen LogP) is 2.68. The lowest BCUT2D eigenvalue weighted by molar-refractivity contribution is 0.171. The molecule has 1 saturated heterocycles. The van der Waals surface area contributed by atoms with Gasteiger partial charge in [0.05, 0.1) is 6.67 Å². The third kappa shape index (κ3) is 3.16. The Morgan fingerprint density at radius 3 is 2.41 bits per heavy atom. The zero-order chi connectivity index (χ0) is 12.5. The third-order valence-electron chi connectivity index (χ3n) is 3.18. The molecule has 4 nitrogen and oxygen atoms in total. The molecule has 2 rings (SSSR count). The molecule has 0 aromatic carbocycles. The van der Waals surface area contributed by atoms with Crippen LogP contribution in [-0.2, 0) is 12.1 Å². The molecule has 0 unspecified atom stereocenters. The molecule has 0 bridgehead atoms. The smallest absolute Gasteiger partial charge is 0.217 e. The highest BCUT2D eigenvalue weighted by Crippen LogP contribution is 2.18. The van der Waals surface area contributed by atoms with E-state index in [1.165, 1.54) is 32.4 Å². The summed E-state index contributed by atoms with van der Waals surface area (Å²) in [5.74, 6) is 0.972. The van der Waals surface area contributed by atoms with Crippen LogP contribution in [0.15, 0.2) is 0 Å². The monoisotopic (exact) mass is 254 g/mol. The molecule has 96 valence electrons. The molecule has 1 fully saturated rings. The third-order valence-corrected chi connectivity index (χ3v) is 3.49. The van der Waals surface area contributed by atoms with Gasteiger partial charge in [-0.25, -0.2) is 9.67 Å². The fourth-order valence-electron chi connectivity index (χ4n) is 2.09. The second-order valence-corrected chi connectivity index (χ2v) is 6.22. The first-order valence-corrected chi connectivity index (χ1v) is 6.77. The lowest BCUT2D eigenvalue weighted by atomic mass is 9.96. The molecular formula is C12H22N4S. The predicted molar refractivity (Wildman–Crippen MR) is 71.5 cm³/mol. The number of nitrogens with zero attached hydrogens (tertiary/aromatic N) is 3. The number of piperidine rings is 1. The first-order chi connectivity index (χ1) is 7.97. The molecular weight excluding hydrogens is 232 g/mol. The van der Waals surface area contributed by atoms with E-state index in [1.54, 1.807) is 0 Å². The summed E-state index contributed by atoms with van der Waals surface area (Å²) in [6.07, 6.45) is 3.96. The molecule has 0 atom stereocenters. The first kappa shape index (κ1) is 12.8. The minimum Gasteiger partial charge on any atom is -0.284 e. The van der Waals surface area contributed by atoms with Gasteiger partial charge in [-0.15, -0.1) is 0 Å². The molecule has 0 amide bonds. The number of rotatable bonds is 2. The van der Waals surface area contributed by atoms with Crippen LogP contribution in [0, 0.1) is 4.77 Å². The number of nitrogens with one attached hydrogen (secondary N) is 1. The van der Waals surface area contributed by atoms with Crippen LogP contribution in [0.25, 0.3) is 0 Å². The van der Waals surface area contributed by atoms with Crippen LogP contribution in [-0.4, -0.2) is 32.8 Å². The Morgan fingerprint density at radius 1 is 1.24 bits per heavy atom. The molecule has 1 N–H and O–H groups in total. The van der Waals surface area contributed by atoms with E-state index in [0.29, 0.717) is 4.77 Å². The summed E-state index contributed by atoms with van der Waals surface area (Å²) in [7, 11) is 0. The van der Waals surface area contributed by atoms with Gasteiger partial charge in [0.25, 0.3) is 0 Å². The molecule has 0 saturated carbocycles. The van der Waals surface area contributed by atoms with Crippen molar-refractivity contribution in [3.8, 4) is 0 Å². The lowest BCUT2D eigenvalue weighted by Crippen LogP contribution is -2.32. The summed E-state index contributed by atoms with van der Waals surface area (Å²) >= 11 is 5.30. The largest absolute Gasteiger partial charge is 0.284 e. The highest BCUT2D eigenvalue weighted by Gasteiger charge is 2.19. The van der Waals surface area contributed by atoms with Gasteiger partial charge in [0.15, 0.2) is 0 Å². The Labute approximate surface area is 108 Å². The van der Waals surface area contributed by atoms with Crippen LogP contribution in [0.1, 0.15) is 45.9 Å². The van der Waals surface area contributed by atoms with Crippen molar-refractivity contribution in [3.05, 3.63) is 10.6 Å². The SMILES string of the molecule is CC(C)(C)c1nc(=S)n(CN2CCCCC2)[nH]1. The number of H-pyrrole nitrogens is 1. The maximum Gasteiger partial charge on any atom is 0.217 e. The van der Waals surface area contributed by atoms with Crippen molar-refractivity contribution in [2.75, 3.05) is 13.1 Å². The molecule has 1 aliphatic rings. The molecule has 1 aromatic heterocycles. The summed E-state index contributed by atoms with van der Waals surface area (Å²) < 4.78 is 2.65. The highest BCUT2D eigenvalue weighted by atomic mass is 32.1. The summed E-state index contributed by atoms with van der Waals surface area (Å²) in [6, 6.07) is 0. The lowest BCUT2D eigenvalue weighted by Gasteiger charge is -2.26. The van der Waals surface area contributed by atoms with Gasteiger partial charge in [-0.05, 0) is 38.1 Å². The topological polar surface area (TPSA) is 36.9 Å². The number of likely N-dealkylation sites (tertiary alicyclic amines) is 1. The van der Waals surface area contributed by atoms with Gasteiger partial charge in [0.1, 0.15) is 5.82 Å². The number of aromatic nitrogens is 3. The van der Waals surface area contributed by atoms with Gasteiger partial charge < -0.3 is 0 Å². The van der Waals surface area contributed by atoms with Crippen LogP contribution in [0.3, 0.4) is 0 Å². The van der Waals surface area contributed by atoms with Crippen molar-refractivity contribution < 1.29 is 0 Å². The maximum absolute atomic E-state index is 5.30. The number of hydrogen-bond acceptors (Lipinski definition) is 3. The molecule has 0 aliphatic carbocycles. The Kier molecular flexibility index (Phi) is 3.68. The Hall–Kier alpha value is -0.680. The van der Waals surface area contributed by atoms with Crippen molar-refractivity contribution in [1.82, 2.24) is 19.7 Å². The van der Waals surface area contributed by atoms with E-state index in [2.05, 4.69) is 35.8 Å². The van der Waals surface area contributed by atoms with E-state index in [9.17, 15) is 0 Å². The van der Waals surface area contributed by atoms with E-state index in [-0.39, 0.29) is 5.41 Å². The molecule has 1 aliphatic heterocycles. The first-order valence-electron chi connectivity index (χ1n) is 6.36. The molecule has 2 heterocycles. The van der Waals surface area contributed by atoms with Crippen LogP contribution < -0.4 is 0 Å². The van der Waals surface area contributed by atoms with Crippen molar-refractivity contribution in [2.24, 2.45) is 0 Å². The van der Waals surface area contributed by atoms with E-state index < -0.39 is 0 Å². The second kappa shape index (κ2) is 4.90. The maximum atomic E-state index is 5.30. The molecule has 0 spiro atoms. The average molecular weight is 254 g/mol. The van der Waals surface area contributed by atoms with E-state index in [4.69, 9.17) is 12.2 Å². The zero-order valence-corrected chi connectivity index (χ0v) is 11.8. The molecule has 5 heteroatoms. The van der Waals surface area contributed by atoms with E-state index in [1.807, 2.05) is 4.68 Å². The van der Waals surface area contributed by atoms with Crippen LogP contribution in [0.4, 0.5) is 0 Å². The minimum atomic E-state index is 0.0285. The fraction of sp³-hybridized carbons (Fsp3) is 0.833. The quantitative estimate of drug-likeness (QED) is 0.824. The summed E-state index contributed by atoms with van der Waals surface area (Å²) in [6.45, 7) is 9.63. The Morgan fingerprint density at radius 2 is 1.88 bits per heavy atom. The molecule has 0 radical (unpaired) electrons. The van der Waals surface area contributed by atoms with Gasteiger partial charge in [-0.1, -0.05) is 27.2 Å². The van der Waals surface area contributed by atoms with Crippen LogP contribution >= 0.6 is 12.2 Å². The number of aromatic amines is 1. The van der Waals surface area contributed by atoms with Crippen molar-refractivity contribution >= 4 is 12.2 Å². The van der Waals surface area contributed by atoms with Crippen molar-refractivity contribution in [2.45, 2.75) is 52.1 Å².